The second-order valence-electron chi connectivity index (χ2n) is 5.17. The quantitative estimate of drug-likeness (QED) is 0.781. The van der Waals surface area contributed by atoms with Gasteiger partial charge in [-0.05, 0) is 51.8 Å². The molecule has 1 rings (SSSR count). The van der Waals surface area contributed by atoms with E-state index in [9.17, 15) is 5.11 Å². The second-order valence-corrected chi connectivity index (χ2v) is 5.17. The summed E-state index contributed by atoms with van der Waals surface area (Å²) < 4.78 is 0. The van der Waals surface area contributed by atoms with Gasteiger partial charge in [-0.1, -0.05) is 6.07 Å². The molecule has 2 nitrogen and oxygen atoms in total. The Bertz CT molecular complexity index is 350. The number of hydrogen-bond acceptors (Lipinski definition) is 2. The first-order valence-corrected chi connectivity index (χ1v) is 5.34. The van der Waals surface area contributed by atoms with Gasteiger partial charge in [-0.3, -0.25) is 0 Å². The highest BCUT2D eigenvalue weighted by molar-refractivity contribution is 5.40. The summed E-state index contributed by atoms with van der Waals surface area (Å²) in [5.74, 6) is 0.384. The van der Waals surface area contributed by atoms with Gasteiger partial charge in [-0.25, -0.2) is 0 Å². The summed E-state index contributed by atoms with van der Waals surface area (Å²) in [6.45, 7) is 11.1. The molecule has 0 spiro atoms. The van der Waals surface area contributed by atoms with Crippen LogP contribution in [0.5, 0.6) is 5.75 Å². The number of aryl methyl sites for hydroxylation is 2. The molecule has 2 N–H and O–H groups in total. The molecule has 0 aromatic heterocycles. The first kappa shape index (κ1) is 12.1. The lowest BCUT2D eigenvalue weighted by Crippen LogP contribution is -2.35. The van der Waals surface area contributed by atoms with E-state index in [1.54, 1.807) is 0 Å². The third-order valence-corrected chi connectivity index (χ3v) is 2.50. The van der Waals surface area contributed by atoms with Crippen LogP contribution in [0, 0.1) is 13.8 Å². The number of phenolic OH excluding ortho intramolecular Hbond substituents is 1. The fourth-order valence-electron chi connectivity index (χ4n) is 1.36. The number of aromatic hydroxyl groups is 1. The van der Waals surface area contributed by atoms with Gasteiger partial charge >= 0.3 is 0 Å². The lowest BCUT2D eigenvalue weighted by atomic mass is 10.0. The Morgan fingerprint density at radius 1 is 1.13 bits per heavy atom. The van der Waals surface area contributed by atoms with Crippen LogP contribution in [-0.4, -0.2) is 10.6 Å². The maximum absolute atomic E-state index is 9.77. The SMILES string of the molecule is Cc1cc(O)c(CNC(C)(C)C)cc1C. The maximum Gasteiger partial charge on any atom is 0.120 e. The predicted molar refractivity (Wildman–Crippen MR) is 64.2 cm³/mol. The Hall–Kier alpha value is -1.02. The van der Waals surface area contributed by atoms with Crippen molar-refractivity contribution in [1.82, 2.24) is 5.32 Å². The summed E-state index contributed by atoms with van der Waals surface area (Å²) in [7, 11) is 0. The molecule has 0 unspecified atom stereocenters. The van der Waals surface area contributed by atoms with Gasteiger partial charge in [0.25, 0.3) is 0 Å². The summed E-state index contributed by atoms with van der Waals surface area (Å²) in [6, 6.07) is 3.87. The van der Waals surface area contributed by atoms with E-state index in [0.29, 0.717) is 12.3 Å². The minimum absolute atomic E-state index is 0.0746. The lowest BCUT2D eigenvalue weighted by Gasteiger charge is -2.21. The zero-order chi connectivity index (χ0) is 11.6. The molecule has 2 heteroatoms. The van der Waals surface area contributed by atoms with E-state index in [4.69, 9.17) is 0 Å². The molecular formula is C13H21NO. The highest BCUT2D eigenvalue weighted by Crippen LogP contribution is 2.22. The number of benzene rings is 1. The van der Waals surface area contributed by atoms with Crippen LogP contribution in [0.2, 0.25) is 0 Å². The van der Waals surface area contributed by atoms with Gasteiger partial charge in [0.05, 0.1) is 0 Å². The van der Waals surface area contributed by atoms with Crippen LogP contribution in [0.15, 0.2) is 12.1 Å². The number of phenols is 1. The Balaban J connectivity index is 2.82. The standard InChI is InChI=1S/C13H21NO/c1-9-6-11(8-14-13(3,4)5)12(15)7-10(9)2/h6-7,14-15H,8H2,1-5H3. The molecule has 0 saturated carbocycles. The van der Waals surface area contributed by atoms with Crippen LogP contribution in [-0.2, 0) is 6.54 Å². The average Bonchev–Trinajstić information content (AvgIpc) is 2.07. The molecule has 1 aromatic carbocycles. The Morgan fingerprint density at radius 3 is 2.20 bits per heavy atom. The van der Waals surface area contributed by atoms with Crippen molar-refractivity contribution in [2.45, 2.75) is 46.7 Å². The number of hydrogen-bond donors (Lipinski definition) is 2. The molecule has 0 aliphatic heterocycles. The van der Waals surface area contributed by atoms with Gasteiger partial charge in [0.1, 0.15) is 5.75 Å². The molecule has 0 aliphatic carbocycles. The molecule has 0 saturated heterocycles. The van der Waals surface area contributed by atoms with E-state index < -0.39 is 0 Å². The molecule has 15 heavy (non-hydrogen) atoms. The minimum atomic E-state index is 0.0746. The van der Waals surface area contributed by atoms with E-state index in [2.05, 4.69) is 33.0 Å². The molecule has 0 amide bonds. The molecule has 0 radical (unpaired) electrons. The first-order chi connectivity index (χ1) is 6.79. The van der Waals surface area contributed by atoms with E-state index in [1.807, 2.05) is 19.1 Å². The fraction of sp³-hybridized carbons (Fsp3) is 0.538. The predicted octanol–water partition coefficient (Wildman–Crippen LogP) is 2.90. The molecule has 1 aromatic rings. The highest BCUT2D eigenvalue weighted by Gasteiger charge is 2.10. The molecule has 0 bridgehead atoms. The smallest absolute Gasteiger partial charge is 0.120 e. The van der Waals surface area contributed by atoms with Crippen LogP contribution in [0.25, 0.3) is 0 Å². The largest absolute Gasteiger partial charge is 0.508 e. The van der Waals surface area contributed by atoms with Crippen LogP contribution >= 0.6 is 0 Å². The first-order valence-electron chi connectivity index (χ1n) is 5.34. The van der Waals surface area contributed by atoms with Crippen molar-refractivity contribution in [3.63, 3.8) is 0 Å². The summed E-state index contributed by atoms with van der Waals surface area (Å²) in [6.07, 6.45) is 0. The molecule has 0 fully saturated rings. The zero-order valence-corrected chi connectivity index (χ0v) is 10.3. The van der Waals surface area contributed by atoms with E-state index in [1.165, 1.54) is 5.56 Å². The van der Waals surface area contributed by atoms with Crippen molar-refractivity contribution in [3.8, 4) is 5.75 Å². The van der Waals surface area contributed by atoms with Gasteiger partial charge in [0, 0.05) is 17.6 Å². The third-order valence-electron chi connectivity index (χ3n) is 2.50. The number of nitrogens with one attached hydrogen (secondary N) is 1. The summed E-state index contributed by atoms with van der Waals surface area (Å²) in [5, 5.41) is 13.1. The van der Waals surface area contributed by atoms with Gasteiger partial charge in [0.2, 0.25) is 0 Å². The van der Waals surface area contributed by atoms with Gasteiger partial charge in [-0.2, -0.15) is 0 Å². The van der Waals surface area contributed by atoms with Crippen molar-refractivity contribution in [1.29, 1.82) is 0 Å². The molecule has 0 heterocycles. The molecular weight excluding hydrogens is 186 g/mol. The highest BCUT2D eigenvalue weighted by atomic mass is 16.3. The van der Waals surface area contributed by atoms with Crippen LogP contribution in [0.4, 0.5) is 0 Å². The molecule has 0 atom stereocenters. The van der Waals surface area contributed by atoms with Crippen molar-refractivity contribution in [3.05, 3.63) is 28.8 Å². The van der Waals surface area contributed by atoms with E-state index in [-0.39, 0.29) is 5.54 Å². The normalized spacial score (nSPS) is 11.8. The molecule has 84 valence electrons. The third kappa shape index (κ3) is 3.56. The fourth-order valence-corrected chi connectivity index (χ4v) is 1.36. The average molecular weight is 207 g/mol. The lowest BCUT2D eigenvalue weighted by molar-refractivity contribution is 0.411. The van der Waals surface area contributed by atoms with Crippen molar-refractivity contribution < 1.29 is 5.11 Å². The second kappa shape index (κ2) is 4.23. The van der Waals surface area contributed by atoms with Gasteiger partial charge in [0.15, 0.2) is 0 Å². The maximum atomic E-state index is 9.77. The van der Waals surface area contributed by atoms with Crippen molar-refractivity contribution in [2.24, 2.45) is 0 Å². The molecule has 0 aliphatic rings. The minimum Gasteiger partial charge on any atom is -0.508 e. The Kier molecular flexibility index (Phi) is 3.40. The topological polar surface area (TPSA) is 32.3 Å². The number of rotatable bonds is 2. The zero-order valence-electron chi connectivity index (χ0n) is 10.3. The van der Waals surface area contributed by atoms with E-state index >= 15 is 0 Å². The van der Waals surface area contributed by atoms with E-state index in [0.717, 1.165) is 11.1 Å². The van der Waals surface area contributed by atoms with Crippen LogP contribution in [0.3, 0.4) is 0 Å². The Labute approximate surface area is 92.3 Å². The van der Waals surface area contributed by atoms with Crippen molar-refractivity contribution >= 4 is 0 Å². The summed E-state index contributed by atoms with van der Waals surface area (Å²) >= 11 is 0. The Morgan fingerprint density at radius 2 is 1.67 bits per heavy atom. The van der Waals surface area contributed by atoms with Crippen LogP contribution in [0.1, 0.15) is 37.5 Å². The summed E-state index contributed by atoms with van der Waals surface area (Å²) in [4.78, 5) is 0. The van der Waals surface area contributed by atoms with Crippen LogP contribution < -0.4 is 5.32 Å². The summed E-state index contributed by atoms with van der Waals surface area (Å²) in [5.41, 5.74) is 3.39. The van der Waals surface area contributed by atoms with Gasteiger partial charge < -0.3 is 10.4 Å². The van der Waals surface area contributed by atoms with Crippen molar-refractivity contribution in [2.75, 3.05) is 0 Å². The monoisotopic (exact) mass is 207 g/mol. The van der Waals surface area contributed by atoms with Gasteiger partial charge in [-0.15, -0.1) is 0 Å².